The number of carbonyl (C=O) groups is 3. The summed E-state index contributed by atoms with van der Waals surface area (Å²) in [6.07, 6.45) is 2.96. The molecule has 0 spiro atoms. The second-order valence-corrected chi connectivity index (χ2v) is 7.64. The third-order valence-corrected chi connectivity index (χ3v) is 5.48. The van der Waals surface area contributed by atoms with Gasteiger partial charge in [-0.15, -0.1) is 11.3 Å². The summed E-state index contributed by atoms with van der Waals surface area (Å²) in [6, 6.07) is 5.32. The van der Waals surface area contributed by atoms with Crippen molar-refractivity contribution >= 4 is 40.2 Å². The Balaban J connectivity index is 1.83. The largest absolute Gasteiger partial charge is 0.462 e. The van der Waals surface area contributed by atoms with Crippen molar-refractivity contribution in [3.05, 3.63) is 45.8 Å². The molecule has 158 valence electrons. The van der Waals surface area contributed by atoms with Gasteiger partial charge in [-0.2, -0.15) is 0 Å². The number of rotatable bonds is 6. The van der Waals surface area contributed by atoms with Gasteiger partial charge in [0.05, 0.1) is 17.0 Å². The van der Waals surface area contributed by atoms with Crippen molar-refractivity contribution < 1.29 is 28.6 Å². The Morgan fingerprint density at radius 3 is 2.67 bits per heavy atom. The normalized spacial score (nSPS) is 12.1. The Morgan fingerprint density at radius 2 is 1.97 bits per heavy atom. The lowest BCUT2D eigenvalue weighted by Gasteiger charge is -2.09. The molecule has 0 radical (unpaired) electrons. The maximum Gasteiger partial charge on any atom is 0.341 e. The summed E-state index contributed by atoms with van der Waals surface area (Å²) in [7, 11) is 3.25. The first-order valence-electron chi connectivity index (χ1n) is 9.22. The molecule has 8 nitrogen and oxygen atoms in total. The van der Waals surface area contributed by atoms with Crippen LogP contribution in [0.15, 0.2) is 24.3 Å². The fraction of sp³-hybridized carbons (Fsp3) is 0.286. The third kappa shape index (κ3) is 4.46. The van der Waals surface area contributed by atoms with Gasteiger partial charge in [0, 0.05) is 20.2 Å². The Morgan fingerprint density at radius 1 is 1.23 bits per heavy atom. The molecule has 1 aromatic carbocycles. The van der Waals surface area contributed by atoms with E-state index in [-0.39, 0.29) is 29.9 Å². The van der Waals surface area contributed by atoms with E-state index in [0.717, 1.165) is 16.9 Å². The highest BCUT2D eigenvalue weighted by atomic mass is 32.1. The molecule has 1 N–H and O–H groups in total. The van der Waals surface area contributed by atoms with Crippen LogP contribution in [0.1, 0.15) is 38.1 Å². The maximum atomic E-state index is 12.5. The highest BCUT2D eigenvalue weighted by Crippen LogP contribution is 2.35. The van der Waals surface area contributed by atoms with Crippen LogP contribution in [0.25, 0.3) is 6.08 Å². The highest BCUT2D eigenvalue weighted by molar-refractivity contribution is 7.18. The minimum Gasteiger partial charge on any atom is -0.462 e. The molecule has 0 saturated carbocycles. The van der Waals surface area contributed by atoms with Crippen molar-refractivity contribution in [2.75, 3.05) is 32.8 Å². The van der Waals surface area contributed by atoms with Gasteiger partial charge in [0.15, 0.2) is 11.5 Å². The van der Waals surface area contributed by atoms with Crippen LogP contribution in [-0.4, -0.2) is 50.2 Å². The lowest BCUT2D eigenvalue weighted by Crippen LogP contribution is -2.21. The summed E-state index contributed by atoms with van der Waals surface area (Å²) in [5.74, 6) is -0.00687. The molecule has 2 amide bonds. The summed E-state index contributed by atoms with van der Waals surface area (Å²) in [4.78, 5) is 39.1. The van der Waals surface area contributed by atoms with Gasteiger partial charge < -0.3 is 24.4 Å². The number of nitrogens with one attached hydrogen (secondary N) is 1. The van der Waals surface area contributed by atoms with Crippen molar-refractivity contribution in [3.8, 4) is 11.5 Å². The van der Waals surface area contributed by atoms with E-state index in [0.29, 0.717) is 21.9 Å². The summed E-state index contributed by atoms with van der Waals surface area (Å²) in [5.41, 5.74) is 1.43. The van der Waals surface area contributed by atoms with Crippen molar-refractivity contribution in [3.63, 3.8) is 0 Å². The molecule has 0 saturated heterocycles. The molecule has 1 aliphatic rings. The van der Waals surface area contributed by atoms with E-state index in [1.165, 1.54) is 11.0 Å². The molecule has 9 heteroatoms. The fourth-order valence-corrected chi connectivity index (χ4v) is 4.02. The zero-order chi connectivity index (χ0) is 21.8. The van der Waals surface area contributed by atoms with E-state index in [2.05, 4.69) is 5.32 Å². The van der Waals surface area contributed by atoms with Crippen molar-refractivity contribution in [2.45, 2.75) is 13.8 Å². The van der Waals surface area contributed by atoms with Gasteiger partial charge in [-0.3, -0.25) is 9.59 Å². The number of benzene rings is 1. The minimum atomic E-state index is -0.584. The van der Waals surface area contributed by atoms with Gasteiger partial charge in [-0.25, -0.2) is 4.79 Å². The van der Waals surface area contributed by atoms with Crippen LogP contribution in [-0.2, 0) is 9.53 Å². The smallest absolute Gasteiger partial charge is 0.341 e. The molecule has 0 aliphatic carbocycles. The Hall–Kier alpha value is -3.33. The molecule has 30 heavy (non-hydrogen) atoms. The molecular weight excluding hydrogens is 408 g/mol. The van der Waals surface area contributed by atoms with Gasteiger partial charge in [-0.1, -0.05) is 6.07 Å². The van der Waals surface area contributed by atoms with E-state index >= 15 is 0 Å². The van der Waals surface area contributed by atoms with Crippen LogP contribution in [0.2, 0.25) is 0 Å². The second-order valence-electron chi connectivity index (χ2n) is 6.62. The molecule has 0 fully saturated rings. The average molecular weight is 430 g/mol. The van der Waals surface area contributed by atoms with Crippen LogP contribution in [0.3, 0.4) is 0 Å². The molecule has 1 aliphatic heterocycles. The average Bonchev–Trinajstić information content (AvgIpc) is 3.29. The van der Waals surface area contributed by atoms with Gasteiger partial charge in [-0.05, 0) is 43.2 Å². The first-order chi connectivity index (χ1) is 14.3. The number of thiophene rings is 1. The molecular formula is C21H22N2O6S. The lowest BCUT2D eigenvalue weighted by molar-refractivity contribution is -0.111. The zero-order valence-electron chi connectivity index (χ0n) is 17.1. The number of fused-ring (bicyclic) bond motifs is 1. The van der Waals surface area contributed by atoms with Crippen molar-refractivity contribution in [1.82, 2.24) is 4.90 Å². The topological polar surface area (TPSA) is 94.2 Å². The minimum absolute atomic E-state index is 0.172. The number of nitrogens with zero attached hydrogens (tertiary/aromatic N) is 1. The number of hydrogen-bond donors (Lipinski definition) is 1. The summed E-state index contributed by atoms with van der Waals surface area (Å²) in [5, 5.41) is 2.97. The second kappa shape index (κ2) is 9.00. The number of amides is 2. The third-order valence-electron chi connectivity index (χ3n) is 4.29. The summed E-state index contributed by atoms with van der Waals surface area (Å²) >= 11 is 1.05. The quantitative estimate of drug-likeness (QED) is 0.558. The maximum absolute atomic E-state index is 12.5. The van der Waals surface area contributed by atoms with Crippen LogP contribution in [0.5, 0.6) is 11.5 Å². The predicted molar refractivity (Wildman–Crippen MR) is 113 cm³/mol. The fourth-order valence-electron chi connectivity index (χ4n) is 2.80. The first-order valence-corrected chi connectivity index (χ1v) is 10.0. The van der Waals surface area contributed by atoms with Gasteiger partial charge in [0.1, 0.15) is 5.00 Å². The Bertz CT molecular complexity index is 1020. The Labute approximate surface area is 178 Å². The molecule has 1 aromatic heterocycles. The molecule has 2 aromatic rings. The number of esters is 1. The van der Waals surface area contributed by atoms with E-state index in [1.807, 2.05) is 0 Å². The lowest BCUT2D eigenvalue weighted by atomic mass is 10.1. The number of anilines is 1. The predicted octanol–water partition coefficient (Wildman–Crippen LogP) is 3.32. The van der Waals surface area contributed by atoms with Crippen molar-refractivity contribution in [2.24, 2.45) is 0 Å². The van der Waals surface area contributed by atoms with Gasteiger partial charge in [0.25, 0.3) is 5.91 Å². The SMILES string of the molecule is CCOC(=O)c1c(NC(=O)/C=C/c2ccc3c(c2)OCO3)sc(C(=O)N(C)C)c1C. The highest BCUT2D eigenvalue weighted by Gasteiger charge is 2.27. The summed E-state index contributed by atoms with van der Waals surface area (Å²) in [6.45, 7) is 3.71. The van der Waals surface area contributed by atoms with Crippen LogP contribution >= 0.6 is 11.3 Å². The monoisotopic (exact) mass is 430 g/mol. The molecule has 0 atom stereocenters. The van der Waals surface area contributed by atoms with Crippen LogP contribution in [0, 0.1) is 6.92 Å². The molecule has 2 heterocycles. The number of carbonyl (C=O) groups excluding carboxylic acids is 3. The van der Waals surface area contributed by atoms with Gasteiger partial charge >= 0.3 is 5.97 Å². The molecule has 0 unspecified atom stereocenters. The van der Waals surface area contributed by atoms with E-state index in [1.54, 1.807) is 52.2 Å². The van der Waals surface area contributed by atoms with E-state index < -0.39 is 11.9 Å². The van der Waals surface area contributed by atoms with E-state index in [4.69, 9.17) is 14.2 Å². The molecule has 3 rings (SSSR count). The first kappa shape index (κ1) is 21.4. The standard InChI is InChI=1S/C21H22N2O6S/c1-5-27-21(26)17-12(2)18(20(25)23(3)4)30-19(17)22-16(24)9-7-13-6-8-14-15(10-13)29-11-28-14/h6-10H,5,11H2,1-4H3,(H,22,24)/b9-7+. The number of ether oxygens (including phenoxy) is 3. The summed E-state index contributed by atoms with van der Waals surface area (Å²) < 4.78 is 15.7. The molecule has 0 bridgehead atoms. The van der Waals surface area contributed by atoms with E-state index in [9.17, 15) is 14.4 Å². The van der Waals surface area contributed by atoms with Crippen LogP contribution in [0.4, 0.5) is 5.00 Å². The Kier molecular flexibility index (Phi) is 6.41. The zero-order valence-corrected chi connectivity index (χ0v) is 17.9. The van der Waals surface area contributed by atoms with Gasteiger partial charge in [0.2, 0.25) is 12.7 Å². The van der Waals surface area contributed by atoms with Crippen LogP contribution < -0.4 is 14.8 Å². The van der Waals surface area contributed by atoms with Crippen molar-refractivity contribution in [1.29, 1.82) is 0 Å². The number of hydrogen-bond acceptors (Lipinski definition) is 7.